The van der Waals surface area contributed by atoms with Crippen LogP contribution in [0.5, 0.6) is 0 Å². The lowest BCUT2D eigenvalue weighted by molar-refractivity contribution is -0.754. The van der Waals surface area contributed by atoms with E-state index in [4.69, 9.17) is 9.97 Å². The van der Waals surface area contributed by atoms with Gasteiger partial charge in [0.25, 0.3) is 0 Å². The smallest absolute Gasteiger partial charge is 0.169 e. The second kappa shape index (κ2) is 17.7. The molecule has 8 nitrogen and oxygen atoms in total. The van der Waals surface area contributed by atoms with E-state index < -0.39 is 0 Å². The van der Waals surface area contributed by atoms with Crippen LogP contribution in [0.25, 0.3) is 46.4 Å². The van der Waals surface area contributed by atoms with Crippen molar-refractivity contribution >= 4 is 46.4 Å². The number of fused-ring (bicyclic) bond motifs is 8. The average Bonchev–Trinajstić information content (AvgIpc) is 4.14. The maximum absolute atomic E-state index is 5.55. The predicted octanol–water partition coefficient (Wildman–Crippen LogP) is 11.2. The summed E-state index contributed by atoms with van der Waals surface area (Å²) in [6, 6.07) is 27.0. The lowest BCUT2D eigenvalue weighted by Crippen LogP contribution is -2.49. The Labute approximate surface area is 403 Å². The van der Waals surface area contributed by atoms with Crippen molar-refractivity contribution in [2.24, 2.45) is 0 Å². The normalized spacial score (nSPS) is 13.1. The number of rotatable bonds is 8. The maximum atomic E-state index is 5.55. The van der Waals surface area contributed by atoms with Gasteiger partial charge in [0.15, 0.2) is 71.7 Å². The van der Waals surface area contributed by atoms with Gasteiger partial charge in [0.1, 0.15) is 0 Å². The summed E-state index contributed by atoms with van der Waals surface area (Å²) < 4.78 is 9.07. The van der Waals surface area contributed by atoms with E-state index in [2.05, 4.69) is 258 Å². The highest BCUT2D eigenvalue weighted by atomic mass is 15.0. The van der Waals surface area contributed by atoms with Crippen molar-refractivity contribution in [3.8, 4) is 0 Å². The van der Waals surface area contributed by atoms with Crippen LogP contribution in [0, 0.1) is 0 Å². The van der Waals surface area contributed by atoms with E-state index in [-0.39, 0.29) is 22.2 Å². The molecule has 0 saturated heterocycles. The molecule has 9 heterocycles. The molecule has 2 N–H and O–H groups in total. The molecule has 0 atom stereocenters. The number of H-pyrrole nitrogens is 2. The van der Waals surface area contributed by atoms with Crippen LogP contribution in [-0.4, -0.2) is 19.9 Å². The molecule has 0 amide bonds. The van der Waals surface area contributed by atoms with Crippen LogP contribution in [0.3, 0.4) is 0 Å². The van der Waals surface area contributed by atoms with E-state index in [1.165, 1.54) is 27.8 Å². The fraction of sp³-hybridized carbons (Fsp3) is 0.333. The molecule has 9 rings (SSSR count). The molecule has 2 aliphatic rings. The number of nitrogens with zero attached hydrogens (tertiary/aromatic N) is 6. The van der Waals surface area contributed by atoms with Gasteiger partial charge in [-0.15, -0.1) is 0 Å². The summed E-state index contributed by atoms with van der Waals surface area (Å²) in [5, 5.41) is 0. The van der Waals surface area contributed by atoms with E-state index >= 15 is 0 Å². The highest BCUT2D eigenvalue weighted by molar-refractivity contribution is 5.84. The summed E-state index contributed by atoms with van der Waals surface area (Å²) in [6.45, 7) is 26.8. The van der Waals surface area contributed by atoms with Crippen molar-refractivity contribution in [3.05, 3.63) is 190 Å². The monoisotopic (exact) mass is 903 g/mol. The Hall–Kier alpha value is -6.80. The molecule has 0 unspecified atom stereocenters. The summed E-state index contributed by atoms with van der Waals surface area (Å²) >= 11 is 0. The molecule has 0 saturated carbocycles. The van der Waals surface area contributed by atoms with E-state index in [9.17, 15) is 0 Å². The zero-order chi connectivity index (χ0) is 48.2. The van der Waals surface area contributed by atoms with Gasteiger partial charge in [-0.1, -0.05) is 0 Å². The van der Waals surface area contributed by atoms with Crippen molar-refractivity contribution in [1.29, 1.82) is 0 Å². The summed E-state index contributed by atoms with van der Waals surface area (Å²) in [5.74, 6) is 0. The van der Waals surface area contributed by atoms with Gasteiger partial charge in [0.05, 0.1) is 22.8 Å². The van der Waals surface area contributed by atoms with Crippen molar-refractivity contribution in [1.82, 2.24) is 19.9 Å². The maximum Gasteiger partial charge on any atom is 0.169 e. The third kappa shape index (κ3) is 10.1. The van der Waals surface area contributed by atoms with Gasteiger partial charge in [-0.05, 0) is 70.8 Å². The predicted molar refractivity (Wildman–Crippen MR) is 277 cm³/mol. The molecule has 0 fully saturated rings. The molecule has 8 heteroatoms. The SMILES string of the molecule is CC(C)(C)[n+]1ccc(Cc2c3nc(c(Cc4cc[n+](C(C)(C)C)cc4)c4ccc([nH]4)c(Cc4cc[n+](C(C)(C)C)cc4)c4ccc([nH]4)c(Cc4cc[n+](C(C)(C)C)cc4)c4nc2C=C4)C=C3)cc1. The van der Waals surface area contributed by atoms with Crippen LogP contribution in [0.2, 0.25) is 0 Å². The minimum atomic E-state index is -0.0152. The second-order valence-corrected chi connectivity index (χ2v) is 22.8. The highest BCUT2D eigenvalue weighted by Crippen LogP contribution is 2.31. The van der Waals surface area contributed by atoms with Crippen LogP contribution in [0.4, 0.5) is 0 Å². The molecule has 2 aliphatic heterocycles. The quantitative estimate of drug-likeness (QED) is 0.149. The summed E-state index contributed by atoms with van der Waals surface area (Å²) in [5.41, 5.74) is 17.5. The molecule has 7 aromatic rings. The van der Waals surface area contributed by atoms with Crippen molar-refractivity contribution in [2.45, 2.75) is 131 Å². The van der Waals surface area contributed by atoms with Crippen molar-refractivity contribution in [3.63, 3.8) is 0 Å². The molecule has 0 spiro atoms. The molecule has 68 heavy (non-hydrogen) atoms. The third-order valence-corrected chi connectivity index (χ3v) is 13.4. The third-order valence-electron chi connectivity index (χ3n) is 13.4. The average molecular weight is 903 g/mol. The van der Waals surface area contributed by atoms with Crippen LogP contribution in [0.1, 0.15) is 150 Å². The Morgan fingerprint density at radius 2 is 0.529 bits per heavy atom. The topological polar surface area (TPSA) is 72.9 Å². The van der Waals surface area contributed by atoms with Crippen LogP contribution < -0.4 is 18.3 Å². The summed E-state index contributed by atoms with van der Waals surface area (Å²) in [4.78, 5) is 19.0. The molecule has 0 aliphatic carbocycles. The van der Waals surface area contributed by atoms with Gasteiger partial charge >= 0.3 is 0 Å². The summed E-state index contributed by atoms with van der Waals surface area (Å²) in [6.07, 6.45) is 29.3. The number of aromatic nitrogens is 8. The largest absolute Gasteiger partial charge is 0.355 e. The molecule has 7 aromatic heterocycles. The lowest BCUT2D eigenvalue weighted by atomic mass is 10.0. The van der Waals surface area contributed by atoms with Crippen LogP contribution >= 0.6 is 0 Å². The molecule has 346 valence electrons. The second-order valence-electron chi connectivity index (χ2n) is 22.8. The van der Waals surface area contributed by atoms with Gasteiger partial charge in [-0.25, -0.2) is 28.2 Å². The van der Waals surface area contributed by atoms with E-state index in [1.807, 2.05) is 0 Å². The van der Waals surface area contributed by atoms with Gasteiger partial charge in [0, 0.05) is 202 Å². The number of nitrogens with one attached hydrogen (secondary N) is 2. The Bertz CT molecular complexity index is 3050. The minimum Gasteiger partial charge on any atom is -0.355 e. The van der Waals surface area contributed by atoms with Gasteiger partial charge in [-0.2, -0.15) is 0 Å². The Kier molecular flexibility index (Phi) is 12.1. The van der Waals surface area contributed by atoms with Gasteiger partial charge in [-0.3, -0.25) is 0 Å². The van der Waals surface area contributed by atoms with Crippen molar-refractivity contribution < 1.29 is 18.3 Å². The lowest BCUT2D eigenvalue weighted by Gasteiger charge is -2.13. The minimum absolute atomic E-state index is 0.00880. The summed E-state index contributed by atoms with van der Waals surface area (Å²) in [7, 11) is 0. The van der Waals surface area contributed by atoms with Gasteiger partial charge in [0.2, 0.25) is 0 Å². The number of pyridine rings is 4. The zero-order valence-electron chi connectivity index (χ0n) is 42.4. The van der Waals surface area contributed by atoms with Crippen LogP contribution in [-0.2, 0) is 47.8 Å². The van der Waals surface area contributed by atoms with E-state index in [0.717, 1.165) is 68.0 Å². The first-order valence-electron chi connectivity index (χ1n) is 24.3. The number of hydrogen-bond acceptors (Lipinski definition) is 2. The van der Waals surface area contributed by atoms with Crippen LogP contribution in [0.15, 0.2) is 122 Å². The molecular weight excluding hydrogens is 833 g/mol. The number of hydrogen-bond donors (Lipinski definition) is 2. The van der Waals surface area contributed by atoms with Crippen molar-refractivity contribution in [2.75, 3.05) is 0 Å². The van der Waals surface area contributed by atoms with Gasteiger partial charge < -0.3 is 9.97 Å². The zero-order valence-corrected chi connectivity index (χ0v) is 42.4. The highest BCUT2D eigenvalue weighted by Gasteiger charge is 2.25. The van der Waals surface area contributed by atoms with E-state index in [1.54, 1.807) is 0 Å². The Morgan fingerprint density at radius 1 is 0.309 bits per heavy atom. The fourth-order valence-electron chi connectivity index (χ4n) is 9.09. The Morgan fingerprint density at radius 3 is 0.794 bits per heavy atom. The Balaban J connectivity index is 1.30. The molecule has 0 aromatic carbocycles. The number of aromatic amines is 2. The molecular formula is C60H70N8+4. The van der Waals surface area contributed by atoms with E-state index in [0.29, 0.717) is 19.3 Å². The first-order valence-corrected chi connectivity index (χ1v) is 24.3. The first kappa shape index (κ1) is 46.3. The molecule has 0 radical (unpaired) electrons. The standard InChI is InChI=1S/C60H70N8/c1-57(2,3)65-29-21-41(22-30-65)37-45-49-13-15-51(61-49)46(38-42-23-31-66(32-24-42)58(4,5)6)53-17-19-55(63-53)48(40-44-27-35-68(36-28-44)60(10,11)12)56-20-18-54(64-56)47(52-16-14-50(45)62-52)39-43-25-33-67(34-26-43)59(7,8)9/h13-36,61-62H,37-40H2,1-12H3/q+4. The first-order chi connectivity index (χ1) is 32.2. The fourth-order valence-corrected chi connectivity index (χ4v) is 9.09. The molecule has 8 bridgehead atoms.